The Hall–Kier alpha value is -2.05. The predicted molar refractivity (Wildman–Crippen MR) is 66.2 cm³/mol. The fraction of sp³-hybridized carbons (Fsp3) is 0.545. The minimum atomic E-state index is -0.168. The summed E-state index contributed by atoms with van der Waals surface area (Å²) < 4.78 is 1.71. The Morgan fingerprint density at radius 1 is 1.39 bits per heavy atom. The molecule has 1 N–H and O–H groups in total. The Balaban J connectivity index is 1.90. The van der Waals surface area contributed by atoms with Crippen LogP contribution in [0.25, 0.3) is 0 Å². The molecule has 7 nitrogen and oxygen atoms in total. The second-order valence-electron chi connectivity index (χ2n) is 4.35. The van der Waals surface area contributed by atoms with Crippen molar-refractivity contribution in [3.8, 4) is 0 Å². The van der Waals surface area contributed by atoms with Crippen molar-refractivity contribution in [3.05, 3.63) is 11.8 Å². The number of nitrogens with one attached hydrogen (secondary N) is 1. The fourth-order valence-corrected chi connectivity index (χ4v) is 1.84. The average Bonchev–Trinajstić information content (AvgIpc) is 2.68. The first kappa shape index (κ1) is 12.4. The molecule has 2 rings (SSSR count). The van der Waals surface area contributed by atoms with Crippen LogP contribution >= 0.6 is 0 Å². The van der Waals surface area contributed by atoms with E-state index >= 15 is 0 Å². The van der Waals surface area contributed by atoms with Crippen LogP contribution in [0.4, 0.5) is 10.6 Å². The van der Waals surface area contributed by atoms with Gasteiger partial charge >= 0.3 is 6.03 Å². The molecule has 0 radical (unpaired) electrons. The summed E-state index contributed by atoms with van der Waals surface area (Å²) in [5.74, 6) is 0.554. The van der Waals surface area contributed by atoms with Crippen molar-refractivity contribution in [2.24, 2.45) is 7.05 Å². The summed E-state index contributed by atoms with van der Waals surface area (Å²) in [4.78, 5) is 25.8. The Kier molecular flexibility index (Phi) is 3.50. The lowest BCUT2D eigenvalue weighted by Gasteiger charge is -2.32. The van der Waals surface area contributed by atoms with Gasteiger partial charge in [-0.15, -0.1) is 0 Å². The summed E-state index contributed by atoms with van der Waals surface area (Å²) in [5, 5.41) is 6.92. The summed E-state index contributed by atoms with van der Waals surface area (Å²) in [7, 11) is 1.83. The van der Waals surface area contributed by atoms with Gasteiger partial charge in [-0.05, 0) is 6.92 Å². The van der Waals surface area contributed by atoms with Gasteiger partial charge in [-0.1, -0.05) is 0 Å². The van der Waals surface area contributed by atoms with Crippen LogP contribution in [0, 0.1) is 6.92 Å². The summed E-state index contributed by atoms with van der Waals surface area (Å²) >= 11 is 0. The van der Waals surface area contributed by atoms with Crippen LogP contribution in [0.1, 0.15) is 5.69 Å². The molecule has 0 aliphatic carbocycles. The Morgan fingerprint density at radius 2 is 2.06 bits per heavy atom. The van der Waals surface area contributed by atoms with Crippen molar-refractivity contribution >= 4 is 18.3 Å². The minimum absolute atomic E-state index is 0.168. The number of urea groups is 1. The van der Waals surface area contributed by atoms with E-state index in [4.69, 9.17) is 0 Å². The highest BCUT2D eigenvalue weighted by atomic mass is 16.2. The Bertz CT molecular complexity index is 429. The van der Waals surface area contributed by atoms with Crippen molar-refractivity contribution in [2.75, 3.05) is 31.5 Å². The summed E-state index contributed by atoms with van der Waals surface area (Å²) in [5.41, 5.74) is 0.982. The lowest BCUT2D eigenvalue weighted by Crippen LogP contribution is -2.49. The zero-order valence-corrected chi connectivity index (χ0v) is 10.6. The number of amides is 3. The number of piperazine rings is 1. The molecule has 1 aliphatic heterocycles. The van der Waals surface area contributed by atoms with Crippen molar-refractivity contribution in [2.45, 2.75) is 6.92 Å². The molecule has 1 aromatic heterocycles. The molecule has 1 fully saturated rings. The molecule has 3 amide bonds. The van der Waals surface area contributed by atoms with Gasteiger partial charge < -0.3 is 9.80 Å². The number of carbonyl (C=O) groups excluding carboxylic acids is 2. The first-order valence-electron chi connectivity index (χ1n) is 5.86. The van der Waals surface area contributed by atoms with E-state index in [2.05, 4.69) is 10.4 Å². The van der Waals surface area contributed by atoms with Crippen molar-refractivity contribution in [1.82, 2.24) is 19.6 Å². The zero-order chi connectivity index (χ0) is 13.1. The maximum atomic E-state index is 11.9. The number of nitrogens with zero attached hydrogens (tertiary/aromatic N) is 4. The van der Waals surface area contributed by atoms with Gasteiger partial charge in [0.25, 0.3) is 0 Å². The van der Waals surface area contributed by atoms with Crippen LogP contribution in [0.3, 0.4) is 0 Å². The van der Waals surface area contributed by atoms with E-state index in [1.807, 2.05) is 20.0 Å². The molecular formula is C11H17N5O2. The second-order valence-corrected chi connectivity index (χ2v) is 4.35. The van der Waals surface area contributed by atoms with Gasteiger partial charge in [0.1, 0.15) is 0 Å². The molecule has 7 heteroatoms. The highest BCUT2D eigenvalue weighted by molar-refractivity contribution is 5.88. The standard InChI is InChI=1S/C11H17N5O2/c1-9-7-10(13-14(9)2)12-11(18)16-5-3-15(8-17)4-6-16/h7-8H,3-6H2,1-2H3,(H,12,13,18). The fourth-order valence-electron chi connectivity index (χ4n) is 1.84. The second kappa shape index (κ2) is 5.07. The number of aromatic nitrogens is 2. The maximum Gasteiger partial charge on any atom is 0.323 e. The highest BCUT2D eigenvalue weighted by Crippen LogP contribution is 2.09. The lowest BCUT2D eigenvalue weighted by molar-refractivity contribution is -0.119. The zero-order valence-electron chi connectivity index (χ0n) is 10.6. The monoisotopic (exact) mass is 251 g/mol. The van der Waals surface area contributed by atoms with Gasteiger partial charge in [-0.3, -0.25) is 14.8 Å². The molecule has 0 saturated carbocycles. The van der Waals surface area contributed by atoms with Gasteiger partial charge in [-0.25, -0.2) is 4.79 Å². The van der Waals surface area contributed by atoms with Crippen LogP contribution in [-0.4, -0.2) is 58.2 Å². The molecule has 1 saturated heterocycles. The average molecular weight is 251 g/mol. The highest BCUT2D eigenvalue weighted by Gasteiger charge is 2.20. The minimum Gasteiger partial charge on any atom is -0.342 e. The number of carbonyl (C=O) groups is 2. The van der Waals surface area contributed by atoms with Gasteiger partial charge in [-0.2, -0.15) is 5.10 Å². The van der Waals surface area contributed by atoms with Crippen LogP contribution in [-0.2, 0) is 11.8 Å². The van der Waals surface area contributed by atoms with Crippen LogP contribution in [0.2, 0.25) is 0 Å². The van der Waals surface area contributed by atoms with Crippen molar-refractivity contribution in [3.63, 3.8) is 0 Å². The predicted octanol–water partition coefficient (Wildman–Crippen LogP) is 0.0344. The first-order chi connectivity index (χ1) is 8.60. The number of hydrogen-bond donors (Lipinski definition) is 1. The van der Waals surface area contributed by atoms with Crippen molar-refractivity contribution < 1.29 is 9.59 Å². The van der Waals surface area contributed by atoms with E-state index in [0.717, 1.165) is 12.1 Å². The van der Waals surface area contributed by atoms with Crippen molar-refractivity contribution in [1.29, 1.82) is 0 Å². The van der Waals surface area contributed by atoms with Gasteiger partial charge in [0.2, 0.25) is 6.41 Å². The third-order valence-electron chi connectivity index (χ3n) is 3.10. The molecule has 0 unspecified atom stereocenters. The largest absolute Gasteiger partial charge is 0.342 e. The van der Waals surface area contributed by atoms with E-state index in [1.165, 1.54) is 0 Å². The summed E-state index contributed by atoms with van der Waals surface area (Å²) in [6.45, 7) is 4.19. The molecule has 0 bridgehead atoms. The smallest absolute Gasteiger partial charge is 0.323 e. The van der Waals surface area contributed by atoms with Gasteiger partial charge in [0.05, 0.1) is 0 Å². The SMILES string of the molecule is Cc1cc(NC(=O)N2CCN(C=O)CC2)nn1C. The molecule has 1 aliphatic rings. The molecule has 0 spiro atoms. The summed E-state index contributed by atoms with van der Waals surface area (Å²) in [6, 6.07) is 1.65. The van der Waals surface area contributed by atoms with E-state index in [9.17, 15) is 9.59 Å². The third kappa shape index (κ3) is 2.61. The maximum absolute atomic E-state index is 11.9. The Labute approximate surface area is 105 Å². The topological polar surface area (TPSA) is 70.5 Å². The van der Waals surface area contributed by atoms with Crippen LogP contribution in [0.5, 0.6) is 0 Å². The molecule has 2 heterocycles. The molecule has 1 aromatic rings. The third-order valence-corrected chi connectivity index (χ3v) is 3.10. The molecular weight excluding hydrogens is 234 g/mol. The number of hydrogen-bond acceptors (Lipinski definition) is 3. The van der Waals surface area contributed by atoms with Gasteiger partial charge in [0.15, 0.2) is 5.82 Å². The number of rotatable bonds is 2. The number of anilines is 1. The molecule has 18 heavy (non-hydrogen) atoms. The summed E-state index contributed by atoms with van der Waals surface area (Å²) in [6.07, 6.45) is 0.817. The van der Waals surface area contributed by atoms with E-state index < -0.39 is 0 Å². The first-order valence-corrected chi connectivity index (χ1v) is 5.86. The lowest BCUT2D eigenvalue weighted by atomic mass is 10.3. The van der Waals surface area contributed by atoms with Gasteiger partial charge in [0, 0.05) is 45.0 Å². The van der Waals surface area contributed by atoms with E-state index in [-0.39, 0.29) is 6.03 Å². The molecule has 0 atom stereocenters. The van der Waals surface area contributed by atoms with E-state index in [1.54, 1.807) is 14.5 Å². The Morgan fingerprint density at radius 3 is 2.56 bits per heavy atom. The molecule has 0 aromatic carbocycles. The quantitative estimate of drug-likeness (QED) is 0.754. The van der Waals surface area contributed by atoms with Crippen LogP contribution in [0.15, 0.2) is 6.07 Å². The van der Waals surface area contributed by atoms with Crippen LogP contribution < -0.4 is 5.32 Å². The molecule has 98 valence electrons. The van der Waals surface area contributed by atoms with E-state index in [0.29, 0.717) is 32.0 Å². The normalized spacial score (nSPS) is 15.7. The number of aryl methyl sites for hydroxylation is 2.